The van der Waals surface area contributed by atoms with E-state index in [-0.39, 0.29) is 5.82 Å². The van der Waals surface area contributed by atoms with Crippen LogP contribution in [0.3, 0.4) is 0 Å². The van der Waals surface area contributed by atoms with Crippen molar-refractivity contribution < 1.29 is 4.39 Å². The third-order valence-electron chi connectivity index (χ3n) is 4.07. The summed E-state index contributed by atoms with van der Waals surface area (Å²) in [6, 6.07) is 5.82. The van der Waals surface area contributed by atoms with Crippen LogP contribution in [0.1, 0.15) is 44.6 Å². The zero-order chi connectivity index (χ0) is 13.1. The first-order valence-corrected chi connectivity index (χ1v) is 7.61. The largest absolute Gasteiger partial charge is 0.314 e. The quantitative estimate of drug-likeness (QED) is 0.864. The Morgan fingerprint density at radius 2 is 2.17 bits per heavy atom. The molecule has 1 fully saturated rings. The second-order valence-electron chi connectivity index (χ2n) is 5.27. The molecule has 1 N–H and O–H groups in total. The summed E-state index contributed by atoms with van der Waals surface area (Å²) in [5.74, 6) is 0.781. The molecule has 18 heavy (non-hydrogen) atoms. The molecule has 3 unspecified atom stereocenters. The Bertz CT molecular complexity index is 407. The van der Waals surface area contributed by atoms with E-state index in [2.05, 4.69) is 35.1 Å². The third kappa shape index (κ3) is 2.94. The Balaban J connectivity index is 2.12. The van der Waals surface area contributed by atoms with Crippen LogP contribution in [0, 0.1) is 11.7 Å². The van der Waals surface area contributed by atoms with Crippen LogP contribution in [-0.4, -0.2) is 12.6 Å². The lowest BCUT2D eigenvalue weighted by Crippen LogP contribution is -2.32. The van der Waals surface area contributed by atoms with Crippen molar-refractivity contribution in [2.45, 2.75) is 45.1 Å². The van der Waals surface area contributed by atoms with E-state index in [1.54, 1.807) is 12.1 Å². The number of hydrogen-bond donors (Lipinski definition) is 1. The van der Waals surface area contributed by atoms with E-state index < -0.39 is 0 Å². The second-order valence-corrected chi connectivity index (χ2v) is 6.19. The van der Waals surface area contributed by atoms with Crippen molar-refractivity contribution in [1.82, 2.24) is 5.32 Å². The number of nitrogens with one attached hydrogen (secondary N) is 1. The highest BCUT2D eigenvalue weighted by Gasteiger charge is 2.34. The van der Waals surface area contributed by atoms with E-state index in [1.807, 2.05) is 6.07 Å². The molecule has 1 nitrogen and oxygen atoms in total. The Labute approximate surface area is 117 Å². The average Bonchev–Trinajstić information content (AvgIpc) is 2.71. The van der Waals surface area contributed by atoms with E-state index in [0.717, 1.165) is 35.8 Å². The number of hydrogen-bond acceptors (Lipinski definition) is 1. The Morgan fingerprint density at radius 1 is 1.39 bits per heavy atom. The Morgan fingerprint density at radius 3 is 2.89 bits per heavy atom. The minimum atomic E-state index is -0.0637. The summed E-state index contributed by atoms with van der Waals surface area (Å²) in [6.45, 7) is 5.48. The summed E-state index contributed by atoms with van der Waals surface area (Å²) >= 11 is 3.44. The van der Waals surface area contributed by atoms with Gasteiger partial charge in [0.2, 0.25) is 0 Å². The SMILES string of the molecule is CCCNC1CCC(c2cc(Br)ccc2F)C1C. The minimum absolute atomic E-state index is 0.0637. The fourth-order valence-electron chi connectivity index (χ4n) is 3.02. The normalized spacial score (nSPS) is 27.7. The molecule has 3 heteroatoms. The molecular weight excluding hydrogens is 293 g/mol. The summed E-state index contributed by atoms with van der Waals surface area (Å²) in [4.78, 5) is 0. The monoisotopic (exact) mass is 313 g/mol. The maximum Gasteiger partial charge on any atom is 0.126 e. The molecule has 0 bridgehead atoms. The predicted octanol–water partition coefficient (Wildman–Crippen LogP) is 4.47. The molecule has 0 saturated heterocycles. The first-order chi connectivity index (χ1) is 8.63. The maximum atomic E-state index is 13.9. The van der Waals surface area contributed by atoms with Gasteiger partial charge in [0.15, 0.2) is 0 Å². The molecule has 3 atom stereocenters. The first-order valence-electron chi connectivity index (χ1n) is 6.81. The molecule has 1 aromatic rings. The summed E-state index contributed by atoms with van der Waals surface area (Å²) < 4.78 is 14.9. The summed E-state index contributed by atoms with van der Waals surface area (Å²) in [5.41, 5.74) is 0.873. The van der Waals surface area contributed by atoms with Crippen molar-refractivity contribution in [3.8, 4) is 0 Å². The molecule has 2 rings (SSSR count). The van der Waals surface area contributed by atoms with Crippen LogP contribution in [0.5, 0.6) is 0 Å². The van der Waals surface area contributed by atoms with Crippen LogP contribution in [0.2, 0.25) is 0 Å². The minimum Gasteiger partial charge on any atom is -0.314 e. The van der Waals surface area contributed by atoms with Crippen LogP contribution in [0.4, 0.5) is 4.39 Å². The van der Waals surface area contributed by atoms with Gasteiger partial charge in [0.25, 0.3) is 0 Å². The molecule has 0 amide bonds. The summed E-state index contributed by atoms with van der Waals surface area (Å²) in [6.07, 6.45) is 3.38. The summed E-state index contributed by atoms with van der Waals surface area (Å²) in [7, 11) is 0. The van der Waals surface area contributed by atoms with E-state index >= 15 is 0 Å². The predicted molar refractivity (Wildman–Crippen MR) is 77.3 cm³/mol. The van der Waals surface area contributed by atoms with Crippen LogP contribution in [-0.2, 0) is 0 Å². The van der Waals surface area contributed by atoms with Crippen LogP contribution in [0.15, 0.2) is 22.7 Å². The third-order valence-corrected chi connectivity index (χ3v) is 4.57. The number of benzene rings is 1. The topological polar surface area (TPSA) is 12.0 Å². The van der Waals surface area contributed by atoms with Gasteiger partial charge in [0.1, 0.15) is 5.82 Å². The molecular formula is C15H21BrFN. The molecule has 1 aliphatic rings. The Hall–Kier alpha value is -0.410. The number of rotatable bonds is 4. The molecule has 0 spiro atoms. The van der Waals surface area contributed by atoms with Gasteiger partial charge in [0.05, 0.1) is 0 Å². The van der Waals surface area contributed by atoms with Gasteiger partial charge in [-0.1, -0.05) is 29.8 Å². The lowest BCUT2D eigenvalue weighted by molar-refractivity contribution is 0.399. The van der Waals surface area contributed by atoms with Gasteiger partial charge in [-0.2, -0.15) is 0 Å². The van der Waals surface area contributed by atoms with Crippen LogP contribution < -0.4 is 5.32 Å². The molecule has 100 valence electrons. The van der Waals surface area contributed by atoms with Gasteiger partial charge in [0, 0.05) is 10.5 Å². The molecule has 1 aliphatic carbocycles. The van der Waals surface area contributed by atoms with Crippen molar-refractivity contribution >= 4 is 15.9 Å². The molecule has 0 aliphatic heterocycles. The maximum absolute atomic E-state index is 13.9. The van der Waals surface area contributed by atoms with Gasteiger partial charge in [-0.3, -0.25) is 0 Å². The lowest BCUT2D eigenvalue weighted by Gasteiger charge is -2.22. The molecule has 1 aromatic carbocycles. The summed E-state index contributed by atoms with van der Waals surface area (Å²) in [5, 5.41) is 3.58. The zero-order valence-electron chi connectivity index (χ0n) is 11.0. The molecule has 0 aromatic heterocycles. The standard InChI is InChI=1S/C15H21BrFN/c1-3-8-18-15-7-5-12(10(15)2)13-9-11(16)4-6-14(13)17/h4,6,9-10,12,15,18H,3,5,7-8H2,1-2H3. The second kappa shape index (κ2) is 6.16. The van der Waals surface area contributed by atoms with Gasteiger partial charge in [-0.15, -0.1) is 0 Å². The average molecular weight is 314 g/mol. The smallest absolute Gasteiger partial charge is 0.126 e. The van der Waals surface area contributed by atoms with Crippen molar-refractivity contribution in [2.24, 2.45) is 5.92 Å². The van der Waals surface area contributed by atoms with Gasteiger partial charge >= 0.3 is 0 Å². The highest BCUT2D eigenvalue weighted by molar-refractivity contribution is 9.10. The number of halogens is 2. The zero-order valence-corrected chi connectivity index (χ0v) is 12.6. The van der Waals surface area contributed by atoms with Crippen molar-refractivity contribution in [3.63, 3.8) is 0 Å². The highest BCUT2D eigenvalue weighted by atomic mass is 79.9. The Kier molecular flexibility index (Phi) is 4.79. The van der Waals surface area contributed by atoms with Crippen molar-refractivity contribution in [2.75, 3.05) is 6.54 Å². The molecule has 1 saturated carbocycles. The van der Waals surface area contributed by atoms with E-state index in [9.17, 15) is 4.39 Å². The van der Waals surface area contributed by atoms with Gasteiger partial charge < -0.3 is 5.32 Å². The fraction of sp³-hybridized carbons (Fsp3) is 0.600. The van der Waals surface area contributed by atoms with E-state index in [4.69, 9.17) is 0 Å². The van der Waals surface area contributed by atoms with Crippen LogP contribution in [0.25, 0.3) is 0 Å². The fourth-order valence-corrected chi connectivity index (χ4v) is 3.40. The van der Waals surface area contributed by atoms with Gasteiger partial charge in [-0.05, 0) is 61.4 Å². The molecule has 0 heterocycles. The van der Waals surface area contributed by atoms with Gasteiger partial charge in [-0.25, -0.2) is 4.39 Å². The van der Waals surface area contributed by atoms with Crippen LogP contribution >= 0.6 is 15.9 Å². The van der Waals surface area contributed by atoms with E-state index in [0.29, 0.717) is 17.9 Å². The molecule has 0 radical (unpaired) electrons. The lowest BCUT2D eigenvalue weighted by atomic mass is 9.88. The highest BCUT2D eigenvalue weighted by Crippen LogP contribution is 2.41. The first kappa shape index (κ1) is 14.0. The van der Waals surface area contributed by atoms with E-state index in [1.165, 1.54) is 0 Å². The van der Waals surface area contributed by atoms with Crippen molar-refractivity contribution in [3.05, 3.63) is 34.1 Å². The van der Waals surface area contributed by atoms with Crippen molar-refractivity contribution in [1.29, 1.82) is 0 Å².